The lowest BCUT2D eigenvalue weighted by atomic mass is 10.1. The Morgan fingerprint density at radius 2 is 1.82 bits per heavy atom. The van der Waals surface area contributed by atoms with E-state index < -0.39 is 15.4 Å². The number of ether oxygens (including phenoxy) is 1. The molecule has 1 aliphatic heterocycles. The second-order valence-electron chi connectivity index (χ2n) is 10.9. The number of hydrogen-bond donors (Lipinski definition) is 1. The van der Waals surface area contributed by atoms with Crippen LogP contribution in [0.15, 0.2) is 53.8 Å². The molecule has 3 heterocycles. The molecule has 0 aliphatic carbocycles. The molecule has 2 amide bonds. The number of carbonyl (C=O) groups is 2. The van der Waals surface area contributed by atoms with Crippen LogP contribution < -0.4 is 5.32 Å². The smallest absolute Gasteiger partial charge is 0.410 e. The zero-order valence-corrected chi connectivity index (χ0v) is 23.8. The van der Waals surface area contributed by atoms with E-state index in [1.807, 2.05) is 43.8 Å². The van der Waals surface area contributed by atoms with E-state index in [1.165, 1.54) is 6.07 Å². The number of aryl methyl sites for hydroxylation is 1. The van der Waals surface area contributed by atoms with Crippen LogP contribution in [-0.2, 0) is 21.1 Å². The second kappa shape index (κ2) is 11.2. The molecule has 11 heteroatoms. The van der Waals surface area contributed by atoms with Gasteiger partial charge in [0.15, 0.2) is 9.84 Å². The lowest BCUT2D eigenvalue weighted by Gasteiger charge is -2.33. The highest BCUT2D eigenvalue weighted by Gasteiger charge is 2.28. The van der Waals surface area contributed by atoms with Crippen LogP contribution in [0, 0.1) is 6.92 Å². The molecular formula is C28H35N5O5S. The minimum absolute atomic E-state index is 0.141. The van der Waals surface area contributed by atoms with E-state index in [0.29, 0.717) is 24.3 Å². The van der Waals surface area contributed by atoms with Gasteiger partial charge < -0.3 is 15.0 Å². The van der Waals surface area contributed by atoms with Crippen molar-refractivity contribution in [1.82, 2.24) is 25.0 Å². The highest BCUT2D eigenvalue weighted by atomic mass is 32.2. The molecule has 0 spiro atoms. The molecule has 2 aromatic heterocycles. The van der Waals surface area contributed by atoms with E-state index in [0.717, 1.165) is 30.2 Å². The first kappa shape index (κ1) is 28.3. The molecule has 0 atom stereocenters. The van der Waals surface area contributed by atoms with Gasteiger partial charge in [0.25, 0.3) is 5.91 Å². The summed E-state index contributed by atoms with van der Waals surface area (Å²) in [5.74, 6) is -0.377. The summed E-state index contributed by atoms with van der Waals surface area (Å²) in [5, 5.41) is 7.38. The molecule has 0 saturated carbocycles. The van der Waals surface area contributed by atoms with Gasteiger partial charge in [0.1, 0.15) is 5.60 Å². The average Bonchev–Trinajstić information content (AvgIpc) is 3.37. The molecule has 39 heavy (non-hydrogen) atoms. The van der Waals surface area contributed by atoms with Gasteiger partial charge in [-0.25, -0.2) is 13.2 Å². The first-order chi connectivity index (χ1) is 18.3. The molecule has 1 saturated heterocycles. The van der Waals surface area contributed by atoms with E-state index in [9.17, 15) is 18.0 Å². The van der Waals surface area contributed by atoms with Gasteiger partial charge in [-0.15, -0.1) is 0 Å². The number of hydrogen-bond acceptors (Lipinski definition) is 7. The van der Waals surface area contributed by atoms with Crippen molar-refractivity contribution in [3.63, 3.8) is 0 Å². The van der Waals surface area contributed by atoms with Gasteiger partial charge in [0.05, 0.1) is 29.4 Å². The number of benzene rings is 1. The molecule has 0 bridgehead atoms. The van der Waals surface area contributed by atoms with Crippen molar-refractivity contribution in [3.05, 3.63) is 65.7 Å². The van der Waals surface area contributed by atoms with Gasteiger partial charge in [-0.1, -0.05) is 6.07 Å². The SMILES string of the molecule is Cc1ccc(C(=O)NCc2cc(-c3cnn(C4CCN(C(=O)OC(C)(C)C)CC4)c3)ccn2)cc1S(C)(=O)=O. The monoisotopic (exact) mass is 553 g/mol. The third-order valence-electron chi connectivity index (χ3n) is 6.52. The maximum atomic E-state index is 12.7. The Morgan fingerprint density at radius 3 is 2.49 bits per heavy atom. The predicted octanol–water partition coefficient (Wildman–Crippen LogP) is 4.16. The topological polar surface area (TPSA) is 123 Å². The first-order valence-electron chi connectivity index (χ1n) is 12.9. The summed E-state index contributed by atoms with van der Waals surface area (Å²) in [6.07, 6.45) is 7.89. The summed E-state index contributed by atoms with van der Waals surface area (Å²) in [6.45, 7) is 8.70. The number of rotatable bonds is 6. The molecular weight excluding hydrogens is 518 g/mol. The Kier molecular flexibility index (Phi) is 8.10. The van der Waals surface area contributed by atoms with Gasteiger partial charge in [-0.05, 0) is 75.9 Å². The van der Waals surface area contributed by atoms with Gasteiger partial charge in [0, 0.05) is 42.9 Å². The summed E-state index contributed by atoms with van der Waals surface area (Å²) < 4.78 is 31.4. The Labute approximate surface area is 229 Å². The van der Waals surface area contributed by atoms with Crippen LogP contribution in [0.4, 0.5) is 4.79 Å². The number of likely N-dealkylation sites (tertiary alicyclic amines) is 1. The zero-order valence-electron chi connectivity index (χ0n) is 23.0. The number of carbonyl (C=O) groups excluding carboxylic acids is 2. The predicted molar refractivity (Wildman–Crippen MR) is 147 cm³/mol. The molecule has 1 fully saturated rings. The van der Waals surface area contributed by atoms with E-state index >= 15 is 0 Å². The quantitative estimate of drug-likeness (QED) is 0.486. The van der Waals surface area contributed by atoms with Crippen molar-refractivity contribution in [3.8, 4) is 11.1 Å². The first-order valence-corrected chi connectivity index (χ1v) is 14.8. The van der Waals surface area contributed by atoms with E-state index in [-0.39, 0.29) is 35.0 Å². The number of nitrogens with zero attached hydrogens (tertiary/aromatic N) is 4. The number of aromatic nitrogens is 3. The fourth-order valence-corrected chi connectivity index (χ4v) is 5.49. The van der Waals surface area contributed by atoms with Gasteiger partial charge in [-0.3, -0.25) is 14.5 Å². The third kappa shape index (κ3) is 7.23. The van der Waals surface area contributed by atoms with Crippen molar-refractivity contribution in [2.45, 2.75) is 63.6 Å². The fraction of sp³-hybridized carbons (Fsp3) is 0.429. The van der Waals surface area contributed by atoms with Crippen LogP contribution in [0.5, 0.6) is 0 Å². The summed E-state index contributed by atoms with van der Waals surface area (Å²) in [6, 6.07) is 8.60. The summed E-state index contributed by atoms with van der Waals surface area (Å²) in [5.41, 5.74) is 2.86. The molecule has 1 aliphatic rings. The molecule has 0 unspecified atom stereocenters. The summed E-state index contributed by atoms with van der Waals surface area (Å²) >= 11 is 0. The lowest BCUT2D eigenvalue weighted by Crippen LogP contribution is -2.42. The van der Waals surface area contributed by atoms with Crippen LogP contribution >= 0.6 is 0 Å². The Morgan fingerprint density at radius 1 is 1.10 bits per heavy atom. The summed E-state index contributed by atoms with van der Waals surface area (Å²) in [4.78, 5) is 31.3. The Balaban J connectivity index is 1.37. The number of pyridine rings is 1. The average molecular weight is 554 g/mol. The maximum Gasteiger partial charge on any atom is 0.410 e. The molecule has 1 aromatic carbocycles. The van der Waals surface area contributed by atoms with Crippen LogP contribution in [-0.4, -0.2) is 65.0 Å². The van der Waals surface area contributed by atoms with Crippen LogP contribution in [0.1, 0.15) is 61.3 Å². The molecule has 1 N–H and O–H groups in total. The minimum atomic E-state index is -3.44. The van der Waals surface area contributed by atoms with Gasteiger partial charge in [0.2, 0.25) is 0 Å². The van der Waals surface area contributed by atoms with E-state index in [2.05, 4.69) is 15.4 Å². The number of amides is 2. The highest BCUT2D eigenvalue weighted by molar-refractivity contribution is 7.90. The van der Waals surface area contributed by atoms with Gasteiger partial charge >= 0.3 is 6.09 Å². The van der Waals surface area contributed by atoms with Crippen molar-refractivity contribution in [1.29, 1.82) is 0 Å². The number of piperidine rings is 1. The van der Waals surface area contributed by atoms with Crippen molar-refractivity contribution in [2.75, 3.05) is 19.3 Å². The number of sulfone groups is 1. The van der Waals surface area contributed by atoms with Crippen LogP contribution in [0.2, 0.25) is 0 Å². The number of nitrogens with one attached hydrogen (secondary N) is 1. The lowest BCUT2D eigenvalue weighted by molar-refractivity contribution is 0.0184. The largest absolute Gasteiger partial charge is 0.444 e. The van der Waals surface area contributed by atoms with Crippen LogP contribution in [0.3, 0.4) is 0 Å². The Bertz CT molecular complexity index is 1470. The van der Waals surface area contributed by atoms with Crippen molar-refractivity contribution >= 4 is 21.8 Å². The standard InChI is InChI=1S/C28H35N5O5S/c1-19-6-7-21(15-25(19)39(5,36)37)26(34)30-17-23-14-20(8-11-29-23)22-16-31-33(18-22)24-9-12-32(13-10-24)27(35)38-28(2,3)4/h6-8,11,14-16,18,24H,9-10,12-13,17H2,1-5H3,(H,30,34). The fourth-order valence-electron chi connectivity index (χ4n) is 4.49. The Hall–Kier alpha value is -3.73. The van der Waals surface area contributed by atoms with Crippen LogP contribution in [0.25, 0.3) is 11.1 Å². The summed E-state index contributed by atoms with van der Waals surface area (Å²) in [7, 11) is -3.44. The molecule has 4 rings (SSSR count). The normalized spacial score (nSPS) is 14.7. The molecule has 10 nitrogen and oxygen atoms in total. The molecule has 0 radical (unpaired) electrons. The third-order valence-corrected chi connectivity index (χ3v) is 7.76. The van der Waals surface area contributed by atoms with Crippen molar-refractivity contribution < 1.29 is 22.7 Å². The van der Waals surface area contributed by atoms with Gasteiger partial charge in [-0.2, -0.15) is 5.10 Å². The zero-order chi connectivity index (χ0) is 28.4. The minimum Gasteiger partial charge on any atom is -0.444 e. The molecule has 208 valence electrons. The van der Waals surface area contributed by atoms with E-state index in [4.69, 9.17) is 4.74 Å². The van der Waals surface area contributed by atoms with E-state index in [1.54, 1.807) is 36.4 Å². The highest BCUT2D eigenvalue weighted by Crippen LogP contribution is 2.26. The molecule has 3 aromatic rings. The van der Waals surface area contributed by atoms with Crippen molar-refractivity contribution in [2.24, 2.45) is 0 Å². The second-order valence-corrected chi connectivity index (χ2v) is 12.9. The maximum absolute atomic E-state index is 12.7.